The van der Waals surface area contributed by atoms with Gasteiger partial charge in [0.15, 0.2) is 0 Å². The van der Waals surface area contributed by atoms with Crippen LogP contribution in [0.2, 0.25) is 0 Å². The normalized spacial score (nSPS) is 13.7. The van der Waals surface area contributed by atoms with Crippen LogP contribution in [-0.2, 0) is 0 Å². The second-order valence-electron chi connectivity index (χ2n) is 3.18. The van der Waals surface area contributed by atoms with E-state index in [0.29, 0.717) is 12.5 Å². The van der Waals surface area contributed by atoms with Crippen molar-refractivity contribution in [2.75, 3.05) is 6.54 Å². The van der Waals surface area contributed by atoms with Gasteiger partial charge in [-0.15, -0.1) is 0 Å². The fraction of sp³-hybridized carbons (Fsp3) is 0.300. The summed E-state index contributed by atoms with van der Waals surface area (Å²) in [6, 6.07) is 10.2. The van der Waals surface area contributed by atoms with Gasteiger partial charge in [0.2, 0.25) is 5.96 Å². The molecule has 1 aromatic carbocycles. The van der Waals surface area contributed by atoms with Crippen LogP contribution in [-0.4, -0.2) is 12.5 Å². The molecular weight excluding hydrogens is 176 g/mol. The van der Waals surface area contributed by atoms with Crippen LogP contribution in [0.4, 0.5) is 0 Å². The summed E-state index contributed by atoms with van der Waals surface area (Å²) in [5.41, 5.74) is 8.96. The summed E-state index contributed by atoms with van der Waals surface area (Å²) in [6.07, 6.45) is 0. The predicted molar refractivity (Wildman–Crippen MR) is 58.7 cm³/mol. The van der Waals surface area contributed by atoms with Crippen LogP contribution >= 0.6 is 0 Å². The monoisotopic (exact) mass is 192 g/mol. The van der Waals surface area contributed by atoms with Gasteiger partial charge in [-0.05, 0) is 5.56 Å². The molecule has 0 radical (unpaired) electrons. The smallest absolute Gasteiger partial charge is 0.203 e. The van der Waals surface area contributed by atoms with Gasteiger partial charge in [-0.1, -0.05) is 37.3 Å². The minimum Gasteiger partial charge on any atom is -0.369 e. The van der Waals surface area contributed by atoms with Crippen LogP contribution in [0.1, 0.15) is 18.4 Å². The van der Waals surface area contributed by atoms with Crippen molar-refractivity contribution in [3.8, 4) is 0 Å². The number of guanidine groups is 1. The van der Waals surface area contributed by atoms with Gasteiger partial charge in [0.1, 0.15) is 0 Å². The van der Waals surface area contributed by atoms with Gasteiger partial charge < -0.3 is 5.73 Å². The number of nitrogens with two attached hydrogens (primary N) is 2. The molecule has 0 aliphatic rings. The number of hydrazine groups is 1. The molecule has 1 rings (SSSR count). The first-order chi connectivity index (χ1) is 6.74. The summed E-state index contributed by atoms with van der Waals surface area (Å²) in [5.74, 6) is 5.71. The third kappa shape index (κ3) is 3.06. The SMILES string of the molecule is CC(CN=C(N)NN)c1ccccc1. The predicted octanol–water partition coefficient (Wildman–Crippen LogP) is 0.568. The molecule has 1 aromatic rings. The molecule has 1 unspecified atom stereocenters. The highest BCUT2D eigenvalue weighted by molar-refractivity contribution is 5.77. The van der Waals surface area contributed by atoms with Crippen LogP contribution in [0.3, 0.4) is 0 Å². The van der Waals surface area contributed by atoms with Crippen molar-refractivity contribution in [2.45, 2.75) is 12.8 Å². The number of nitrogens with one attached hydrogen (secondary N) is 1. The molecule has 5 N–H and O–H groups in total. The Hall–Kier alpha value is -1.55. The second kappa shape index (κ2) is 5.24. The summed E-state index contributed by atoms with van der Waals surface area (Å²) in [7, 11) is 0. The fourth-order valence-corrected chi connectivity index (χ4v) is 1.17. The van der Waals surface area contributed by atoms with Crippen molar-refractivity contribution in [3.63, 3.8) is 0 Å². The van der Waals surface area contributed by atoms with Crippen molar-refractivity contribution in [3.05, 3.63) is 35.9 Å². The number of rotatable bonds is 3. The molecule has 14 heavy (non-hydrogen) atoms. The average Bonchev–Trinajstić information content (AvgIpc) is 2.26. The lowest BCUT2D eigenvalue weighted by molar-refractivity contribution is 0.767. The first-order valence-corrected chi connectivity index (χ1v) is 4.55. The van der Waals surface area contributed by atoms with Crippen LogP contribution < -0.4 is 17.0 Å². The maximum Gasteiger partial charge on any atom is 0.203 e. The maximum atomic E-state index is 5.41. The van der Waals surface area contributed by atoms with Gasteiger partial charge in [0.25, 0.3) is 0 Å². The van der Waals surface area contributed by atoms with E-state index < -0.39 is 0 Å². The van der Waals surface area contributed by atoms with E-state index in [2.05, 4.69) is 29.5 Å². The number of nitrogens with zero attached hydrogens (tertiary/aromatic N) is 1. The Morgan fingerprint density at radius 1 is 1.43 bits per heavy atom. The molecule has 0 bridgehead atoms. The van der Waals surface area contributed by atoms with E-state index in [1.54, 1.807) is 0 Å². The first kappa shape index (κ1) is 10.5. The molecule has 0 saturated carbocycles. The molecule has 0 amide bonds. The highest BCUT2D eigenvalue weighted by atomic mass is 15.3. The number of aliphatic imine (C=N–C) groups is 1. The Labute approximate surface area is 84.0 Å². The molecule has 0 aliphatic heterocycles. The summed E-state index contributed by atoms with van der Waals surface area (Å²) in [6.45, 7) is 2.74. The van der Waals surface area contributed by atoms with Crippen LogP contribution in [0.25, 0.3) is 0 Å². The zero-order valence-corrected chi connectivity index (χ0v) is 8.27. The Morgan fingerprint density at radius 2 is 2.07 bits per heavy atom. The number of hydrogen-bond acceptors (Lipinski definition) is 2. The van der Waals surface area contributed by atoms with Gasteiger partial charge in [0, 0.05) is 12.5 Å². The van der Waals surface area contributed by atoms with Crippen LogP contribution in [0.15, 0.2) is 35.3 Å². The molecule has 0 spiro atoms. The molecule has 1 atom stereocenters. The Kier molecular flexibility index (Phi) is 3.94. The highest BCUT2D eigenvalue weighted by Gasteiger charge is 2.03. The van der Waals surface area contributed by atoms with Gasteiger partial charge in [-0.2, -0.15) is 0 Å². The van der Waals surface area contributed by atoms with Crippen LogP contribution in [0.5, 0.6) is 0 Å². The molecule has 4 nitrogen and oxygen atoms in total. The van der Waals surface area contributed by atoms with Crippen LogP contribution in [0, 0.1) is 0 Å². The summed E-state index contributed by atoms with van der Waals surface area (Å²) in [5, 5.41) is 0. The van der Waals surface area contributed by atoms with E-state index >= 15 is 0 Å². The molecule has 76 valence electrons. The van der Waals surface area contributed by atoms with E-state index in [9.17, 15) is 0 Å². The van der Waals surface area contributed by atoms with E-state index in [1.165, 1.54) is 5.56 Å². The summed E-state index contributed by atoms with van der Waals surface area (Å²) in [4.78, 5) is 4.08. The van der Waals surface area contributed by atoms with Crippen molar-refractivity contribution < 1.29 is 0 Å². The molecule has 4 heteroatoms. The van der Waals surface area contributed by atoms with Crippen molar-refractivity contribution in [1.29, 1.82) is 0 Å². The Bertz CT molecular complexity index is 294. The molecule has 0 heterocycles. The largest absolute Gasteiger partial charge is 0.369 e. The zero-order valence-electron chi connectivity index (χ0n) is 8.27. The second-order valence-corrected chi connectivity index (χ2v) is 3.18. The molecule has 0 saturated heterocycles. The van der Waals surface area contributed by atoms with E-state index in [-0.39, 0.29) is 5.96 Å². The molecule has 0 aliphatic carbocycles. The van der Waals surface area contributed by atoms with Gasteiger partial charge in [-0.3, -0.25) is 10.4 Å². The van der Waals surface area contributed by atoms with Crippen molar-refractivity contribution in [1.82, 2.24) is 5.43 Å². The number of benzene rings is 1. The molecular formula is C10H16N4. The van der Waals surface area contributed by atoms with Gasteiger partial charge in [0.05, 0.1) is 0 Å². The van der Waals surface area contributed by atoms with E-state index in [1.807, 2.05) is 18.2 Å². The number of hydrogen-bond donors (Lipinski definition) is 3. The standard InChI is InChI=1S/C10H16N4/c1-8(7-13-10(11)14-12)9-5-3-2-4-6-9/h2-6,8H,7,12H2,1H3,(H3,11,13,14). The van der Waals surface area contributed by atoms with Crippen molar-refractivity contribution in [2.24, 2.45) is 16.6 Å². The lowest BCUT2D eigenvalue weighted by Crippen LogP contribution is -2.37. The molecule has 0 aromatic heterocycles. The Morgan fingerprint density at radius 3 is 2.64 bits per heavy atom. The van der Waals surface area contributed by atoms with Crippen molar-refractivity contribution >= 4 is 5.96 Å². The lowest BCUT2D eigenvalue weighted by Gasteiger charge is -2.08. The Balaban J connectivity index is 2.55. The highest BCUT2D eigenvalue weighted by Crippen LogP contribution is 2.14. The summed E-state index contributed by atoms with van der Waals surface area (Å²) < 4.78 is 0. The van der Waals surface area contributed by atoms with E-state index in [4.69, 9.17) is 11.6 Å². The van der Waals surface area contributed by atoms with Gasteiger partial charge in [-0.25, -0.2) is 5.84 Å². The lowest BCUT2D eigenvalue weighted by atomic mass is 10.0. The zero-order chi connectivity index (χ0) is 10.4. The third-order valence-electron chi connectivity index (χ3n) is 2.05. The quantitative estimate of drug-likeness (QED) is 0.283. The maximum absolute atomic E-state index is 5.41. The third-order valence-corrected chi connectivity index (χ3v) is 2.05. The average molecular weight is 192 g/mol. The fourth-order valence-electron chi connectivity index (χ4n) is 1.17. The minimum atomic E-state index is 0.271. The molecule has 0 fully saturated rings. The van der Waals surface area contributed by atoms with E-state index in [0.717, 1.165) is 0 Å². The minimum absolute atomic E-state index is 0.271. The van der Waals surface area contributed by atoms with Gasteiger partial charge >= 0.3 is 0 Å². The summed E-state index contributed by atoms with van der Waals surface area (Å²) >= 11 is 0. The topological polar surface area (TPSA) is 76.4 Å². The first-order valence-electron chi connectivity index (χ1n) is 4.55.